The number of aromatic nitrogens is 2. The lowest BCUT2D eigenvalue weighted by atomic mass is 10.2. The molecule has 0 atom stereocenters. The predicted molar refractivity (Wildman–Crippen MR) is 125 cm³/mol. The zero-order chi connectivity index (χ0) is 24.0. The minimum absolute atomic E-state index is 0.293. The van der Waals surface area contributed by atoms with Crippen molar-refractivity contribution in [3.63, 3.8) is 0 Å². The van der Waals surface area contributed by atoms with Gasteiger partial charge in [-0.05, 0) is 31.4 Å². The van der Waals surface area contributed by atoms with Crippen LogP contribution in [0.1, 0.15) is 55.5 Å². The van der Waals surface area contributed by atoms with Crippen LogP contribution in [0.4, 0.5) is 0 Å². The molecule has 0 bridgehead atoms. The van der Waals surface area contributed by atoms with Gasteiger partial charge in [-0.2, -0.15) is 0 Å². The fourth-order valence-corrected chi connectivity index (χ4v) is 2.07. The summed E-state index contributed by atoms with van der Waals surface area (Å²) >= 11 is 0. The van der Waals surface area contributed by atoms with Gasteiger partial charge in [-0.3, -0.25) is 0 Å². The van der Waals surface area contributed by atoms with Crippen molar-refractivity contribution in [3.05, 3.63) is 59.8 Å². The lowest BCUT2D eigenvalue weighted by molar-refractivity contribution is -0.138. The number of esters is 1. The first-order valence-electron chi connectivity index (χ1n) is 10.6. The molecule has 32 heavy (non-hydrogen) atoms. The van der Waals surface area contributed by atoms with E-state index in [-0.39, 0.29) is 0 Å². The smallest absolute Gasteiger partial charge is 0.330 e. The van der Waals surface area contributed by atoms with Crippen LogP contribution in [0.3, 0.4) is 0 Å². The van der Waals surface area contributed by atoms with Gasteiger partial charge >= 0.3 is 5.97 Å². The number of benzene rings is 1. The molecule has 0 aliphatic heterocycles. The van der Waals surface area contributed by atoms with Gasteiger partial charge in [-0.25, -0.2) is 4.79 Å². The maximum Gasteiger partial charge on any atom is 0.330 e. The number of rotatable bonds is 9. The highest BCUT2D eigenvalue weighted by molar-refractivity contribution is 5.81. The van der Waals surface area contributed by atoms with Crippen molar-refractivity contribution in [1.82, 2.24) is 10.2 Å². The van der Waals surface area contributed by atoms with Crippen LogP contribution in [0.25, 0.3) is 0 Å². The average Bonchev–Trinajstić information content (AvgIpc) is 3.22. The Morgan fingerprint density at radius 3 is 2.22 bits per heavy atom. The second-order valence-corrected chi connectivity index (χ2v) is 6.66. The van der Waals surface area contributed by atoms with Gasteiger partial charge in [0.05, 0.1) is 6.61 Å². The van der Waals surface area contributed by atoms with Crippen LogP contribution in [0.15, 0.2) is 41.3 Å². The van der Waals surface area contributed by atoms with Crippen LogP contribution in [0.5, 0.6) is 0 Å². The zero-order valence-electron chi connectivity index (χ0n) is 20.0. The number of hydrogen-bond acceptors (Lipinski definition) is 7. The van der Waals surface area contributed by atoms with Crippen LogP contribution in [-0.4, -0.2) is 50.2 Å². The Kier molecular flexibility index (Phi) is 18.1. The van der Waals surface area contributed by atoms with Crippen LogP contribution in [0.2, 0.25) is 0 Å². The maximum atomic E-state index is 10.3. The van der Waals surface area contributed by atoms with E-state index in [2.05, 4.69) is 45.0 Å². The number of aryl methyl sites for hydroxylation is 2. The van der Waals surface area contributed by atoms with Crippen molar-refractivity contribution in [3.8, 4) is 11.8 Å². The van der Waals surface area contributed by atoms with Crippen LogP contribution < -0.4 is 0 Å². The van der Waals surface area contributed by atoms with Crippen molar-refractivity contribution in [2.24, 2.45) is 0 Å². The van der Waals surface area contributed by atoms with Crippen molar-refractivity contribution in [2.75, 3.05) is 34.0 Å². The minimum Gasteiger partial charge on any atom is -0.460 e. The fourth-order valence-electron chi connectivity index (χ4n) is 2.07. The predicted octanol–water partition coefficient (Wildman–Crippen LogP) is 4.66. The average molecular weight is 445 g/mol. The molecule has 1 heterocycles. The summed E-state index contributed by atoms with van der Waals surface area (Å²) in [5.74, 6) is 6.24. The second-order valence-electron chi connectivity index (χ2n) is 6.66. The third-order valence-electron chi connectivity index (χ3n) is 3.79. The Balaban J connectivity index is 0.000000490. The summed E-state index contributed by atoms with van der Waals surface area (Å²) < 4.78 is 19.2. The van der Waals surface area contributed by atoms with E-state index in [9.17, 15) is 4.79 Å². The van der Waals surface area contributed by atoms with E-state index < -0.39 is 5.97 Å². The molecule has 0 aliphatic carbocycles. The fraction of sp³-hybridized carbons (Fsp3) is 0.480. The maximum absolute atomic E-state index is 10.3. The van der Waals surface area contributed by atoms with Crippen molar-refractivity contribution in [1.29, 1.82) is 0 Å². The Morgan fingerprint density at radius 1 is 1.00 bits per heavy atom. The lowest BCUT2D eigenvalue weighted by Crippen LogP contribution is -2.06. The topological polar surface area (TPSA) is 83.7 Å². The molecule has 0 saturated carbocycles. The van der Waals surface area contributed by atoms with Gasteiger partial charge in [-0.15, -0.1) is 5.10 Å². The Labute approximate surface area is 192 Å². The van der Waals surface area contributed by atoms with E-state index in [4.69, 9.17) is 9.15 Å². The number of nitrogens with zero attached hydrogens (tertiary/aromatic N) is 2. The molecule has 1 aromatic heterocycles. The molecular formula is C25H36N2O5. The van der Waals surface area contributed by atoms with Gasteiger partial charge in [0.2, 0.25) is 5.89 Å². The number of ether oxygens (including phenoxy) is 3. The van der Waals surface area contributed by atoms with Gasteiger partial charge in [0.1, 0.15) is 6.61 Å². The zero-order valence-corrected chi connectivity index (χ0v) is 20.0. The van der Waals surface area contributed by atoms with E-state index in [0.717, 1.165) is 18.2 Å². The molecule has 2 rings (SSSR count). The first-order valence-corrected chi connectivity index (χ1v) is 10.6. The summed E-state index contributed by atoms with van der Waals surface area (Å²) in [5, 5.41) is 7.48. The molecule has 7 heteroatoms. The van der Waals surface area contributed by atoms with Crippen molar-refractivity contribution in [2.45, 2.75) is 46.5 Å². The summed E-state index contributed by atoms with van der Waals surface area (Å²) in [6.45, 7) is 10.9. The van der Waals surface area contributed by atoms with E-state index in [1.54, 1.807) is 21.1 Å². The Bertz CT molecular complexity index is 798. The first-order chi connectivity index (χ1) is 15.5. The molecule has 2 aromatic rings. The van der Waals surface area contributed by atoms with Crippen molar-refractivity contribution < 1.29 is 23.4 Å². The molecular weight excluding hydrogens is 408 g/mol. The van der Waals surface area contributed by atoms with Gasteiger partial charge in [0.15, 0.2) is 0 Å². The summed E-state index contributed by atoms with van der Waals surface area (Å²) in [5.41, 5.74) is 2.16. The normalized spacial score (nSPS) is 9.28. The monoisotopic (exact) mass is 444 g/mol. The van der Waals surface area contributed by atoms with E-state index in [1.165, 1.54) is 31.2 Å². The van der Waals surface area contributed by atoms with E-state index in [0.29, 0.717) is 25.0 Å². The van der Waals surface area contributed by atoms with Crippen LogP contribution in [0, 0.1) is 25.7 Å². The van der Waals surface area contributed by atoms with Crippen LogP contribution >= 0.6 is 0 Å². The molecule has 7 nitrogen and oxygen atoms in total. The standard InChI is InChI=1S/C12H10N2O.C7H16O.C6H10O3/c1-9-3-5-11(6-4-9)7-8-12-14-13-10(2)15-12;1-3-4-5-6-7-8-2;1-3-6(7)9-5-4-8-2/h3-6H,1-2H3;3-7H2,1-2H3;3H,1,4-5H2,2H3. The SMILES string of the molecule is C=CC(=O)OCCOC.CCCCCCOC.Cc1ccc(C#Cc2nnc(C)o2)cc1. The molecule has 1 aromatic carbocycles. The number of unbranched alkanes of at least 4 members (excludes halogenated alkanes) is 3. The molecule has 0 radical (unpaired) electrons. The van der Waals surface area contributed by atoms with Gasteiger partial charge in [0.25, 0.3) is 5.89 Å². The summed E-state index contributed by atoms with van der Waals surface area (Å²) in [7, 11) is 3.30. The largest absolute Gasteiger partial charge is 0.460 e. The summed E-state index contributed by atoms with van der Waals surface area (Å²) in [6.07, 6.45) is 6.33. The number of carbonyl (C=O) groups is 1. The van der Waals surface area contributed by atoms with Crippen LogP contribution in [-0.2, 0) is 19.0 Å². The Hall–Kier alpha value is -2.95. The van der Waals surface area contributed by atoms with Gasteiger partial charge < -0.3 is 18.6 Å². The second kappa shape index (κ2) is 20.0. The number of carbonyl (C=O) groups excluding carboxylic acids is 1. The van der Waals surface area contributed by atoms with E-state index >= 15 is 0 Å². The molecule has 0 spiro atoms. The lowest BCUT2D eigenvalue weighted by Gasteiger charge is -1.98. The molecule has 176 valence electrons. The third-order valence-corrected chi connectivity index (χ3v) is 3.79. The minimum atomic E-state index is -0.410. The first kappa shape index (κ1) is 29.1. The van der Waals surface area contributed by atoms with Crippen molar-refractivity contribution >= 4 is 5.97 Å². The molecule has 0 aliphatic rings. The molecule has 0 saturated heterocycles. The summed E-state index contributed by atoms with van der Waals surface area (Å²) in [4.78, 5) is 10.3. The highest BCUT2D eigenvalue weighted by Crippen LogP contribution is 2.02. The van der Waals surface area contributed by atoms with E-state index in [1.807, 2.05) is 31.2 Å². The number of methoxy groups -OCH3 is 2. The highest BCUT2D eigenvalue weighted by Gasteiger charge is 1.95. The molecule has 0 amide bonds. The third kappa shape index (κ3) is 16.8. The quantitative estimate of drug-likeness (QED) is 0.241. The van der Waals surface area contributed by atoms with Gasteiger partial charge in [-0.1, -0.05) is 61.5 Å². The highest BCUT2D eigenvalue weighted by atomic mass is 16.6. The molecule has 0 N–H and O–H groups in total. The van der Waals surface area contributed by atoms with Gasteiger partial charge in [0, 0.05) is 39.4 Å². The molecule has 0 unspecified atom stereocenters. The Morgan fingerprint density at radius 2 is 1.69 bits per heavy atom. The molecule has 0 fully saturated rings. The number of hydrogen-bond donors (Lipinski definition) is 0. The summed E-state index contributed by atoms with van der Waals surface area (Å²) in [6, 6.07) is 7.96.